The fourth-order valence-electron chi connectivity index (χ4n) is 5.84. The van der Waals surface area contributed by atoms with Gasteiger partial charge in [0.05, 0.1) is 17.8 Å². The lowest BCUT2D eigenvalue weighted by Gasteiger charge is -2.34. The van der Waals surface area contributed by atoms with E-state index in [9.17, 15) is 9.18 Å². The van der Waals surface area contributed by atoms with E-state index >= 15 is 0 Å². The van der Waals surface area contributed by atoms with Crippen LogP contribution in [-0.2, 0) is 24.4 Å². The van der Waals surface area contributed by atoms with E-state index in [-0.39, 0.29) is 11.7 Å². The molecule has 0 aliphatic carbocycles. The molecule has 0 radical (unpaired) electrons. The molecule has 0 unspecified atom stereocenters. The molecule has 1 aliphatic rings. The third kappa shape index (κ3) is 10.6. The van der Waals surface area contributed by atoms with Crippen LogP contribution < -0.4 is 14.2 Å². The summed E-state index contributed by atoms with van der Waals surface area (Å²) >= 11 is 12.8. The van der Waals surface area contributed by atoms with Crippen molar-refractivity contribution in [2.75, 3.05) is 32.8 Å². The Balaban J connectivity index is 0.921. The summed E-state index contributed by atoms with van der Waals surface area (Å²) in [5.41, 5.74) is 5.02. The van der Waals surface area contributed by atoms with E-state index in [2.05, 4.69) is 34.1 Å². The van der Waals surface area contributed by atoms with Crippen LogP contribution in [-0.4, -0.2) is 53.5 Å². The largest absolute Gasteiger partial charge is 0.494 e. The summed E-state index contributed by atoms with van der Waals surface area (Å²) in [6, 6.07) is 29.5. The van der Waals surface area contributed by atoms with Crippen LogP contribution >= 0.6 is 23.2 Å². The van der Waals surface area contributed by atoms with E-state index in [0.717, 1.165) is 49.2 Å². The molecule has 1 aliphatic heterocycles. The van der Waals surface area contributed by atoms with Gasteiger partial charge in [0.2, 0.25) is 11.8 Å². The summed E-state index contributed by atoms with van der Waals surface area (Å²) < 4.78 is 30.6. The molecule has 4 aromatic carbocycles. The molecule has 268 valence electrons. The number of halogens is 3. The Hall–Kier alpha value is -4.89. The second-order valence-corrected chi connectivity index (χ2v) is 13.4. The fraction of sp³-hybridized carbons (Fsp3) is 0.238. The lowest BCUT2D eigenvalue weighted by Crippen LogP contribution is -2.47. The molecule has 1 amide bonds. The van der Waals surface area contributed by atoms with Gasteiger partial charge in [0.15, 0.2) is 5.75 Å². The van der Waals surface area contributed by atoms with E-state index in [0.29, 0.717) is 59.5 Å². The minimum atomic E-state index is -0.265. The van der Waals surface area contributed by atoms with E-state index in [1.165, 1.54) is 23.3 Å². The van der Waals surface area contributed by atoms with Crippen LogP contribution in [0.5, 0.6) is 23.1 Å². The standard InChI is InChI=1S/C42H40Cl2FN3O4/c1-30-25-33(26-39(44)42(30)52-40-18-17-37(27-46-40)51-29-34-6-2-3-7-38(34)43)12-19-41(49)48-22-20-47(21-23-48)28-32-10-8-31(9-11-32)5-4-24-50-36-15-13-35(45)14-16-36/h2-3,6-19,25-27H,4-5,20-24,28-29H2,1H3/b19-12+. The minimum absolute atomic E-state index is 0.0254. The average Bonchev–Trinajstić information content (AvgIpc) is 3.16. The summed E-state index contributed by atoms with van der Waals surface area (Å²) in [5.74, 6) is 1.86. The zero-order valence-corrected chi connectivity index (χ0v) is 30.5. The molecule has 0 N–H and O–H groups in total. The highest BCUT2D eigenvalue weighted by molar-refractivity contribution is 6.32. The second-order valence-electron chi connectivity index (χ2n) is 12.6. The first kappa shape index (κ1) is 36.9. The van der Waals surface area contributed by atoms with Crippen LogP contribution in [0.15, 0.2) is 109 Å². The van der Waals surface area contributed by atoms with Crippen molar-refractivity contribution in [3.63, 3.8) is 0 Å². The third-order valence-electron chi connectivity index (χ3n) is 8.74. The average molecular weight is 741 g/mol. The van der Waals surface area contributed by atoms with Crippen molar-refractivity contribution < 1.29 is 23.4 Å². The van der Waals surface area contributed by atoms with Gasteiger partial charge in [-0.25, -0.2) is 9.37 Å². The van der Waals surface area contributed by atoms with Gasteiger partial charge in [0.1, 0.15) is 23.9 Å². The Morgan fingerprint density at radius 2 is 1.58 bits per heavy atom. The summed E-state index contributed by atoms with van der Waals surface area (Å²) in [4.78, 5) is 21.7. The van der Waals surface area contributed by atoms with Crippen LogP contribution in [0, 0.1) is 12.7 Å². The minimum Gasteiger partial charge on any atom is -0.494 e. The summed E-state index contributed by atoms with van der Waals surface area (Å²) in [5, 5.41) is 1.07. The monoisotopic (exact) mass is 739 g/mol. The number of aromatic nitrogens is 1. The second kappa shape index (κ2) is 18.0. The van der Waals surface area contributed by atoms with E-state index in [1.54, 1.807) is 48.7 Å². The van der Waals surface area contributed by atoms with Gasteiger partial charge >= 0.3 is 0 Å². The number of rotatable bonds is 14. The predicted molar refractivity (Wildman–Crippen MR) is 204 cm³/mol. The Bertz CT molecular complexity index is 1940. The molecule has 1 saturated heterocycles. The number of hydrogen-bond acceptors (Lipinski definition) is 6. The smallest absolute Gasteiger partial charge is 0.246 e. The number of carbonyl (C=O) groups is 1. The van der Waals surface area contributed by atoms with E-state index in [4.69, 9.17) is 37.4 Å². The first-order chi connectivity index (χ1) is 25.3. The first-order valence-corrected chi connectivity index (χ1v) is 18.0. The number of nitrogens with zero attached hydrogens (tertiary/aromatic N) is 3. The Morgan fingerprint density at radius 3 is 2.29 bits per heavy atom. The number of aryl methyl sites for hydroxylation is 2. The topological polar surface area (TPSA) is 64.1 Å². The lowest BCUT2D eigenvalue weighted by molar-refractivity contribution is -0.127. The van der Waals surface area contributed by atoms with Crippen LogP contribution in [0.25, 0.3) is 6.08 Å². The SMILES string of the molecule is Cc1cc(/C=C/C(=O)N2CCN(Cc3ccc(CCCOc4ccc(F)cc4)cc3)CC2)cc(Cl)c1Oc1ccc(OCc2ccccc2Cl)cn1. The van der Waals surface area contributed by atoms with Crippen LogP contribution in [0.2, 0.25) is 10.0 Å². The van der Waals surface area contributed by atoms with Crippen molar-refractivity contribution in [2.24, 2.45) is 0 Å². The lowest BCUT2D eigenvalue weighted by atomic mass is 10.1. The molecule has 0 spiro atoms. The predicted octanol–water partition coefficient (Wildman–Crippen LogP) is 9.58. The molecule has 1 aromatic heterocycles. The quantitative estimate of drug-likeness (QED) is 0.0835. The van der Waals surface area contributed by atoms with Crippen molar-refractivity contribution >= 4 is 35.2 Å². The Labute approximate surface area is 314 Å². The number of benzene rings is 4. The highest BCUT2D eigenvalue weighted by atomic mass is 35.5. The maximum atomic E-state index is 13.0. The molecule has 2 heterocycles. The number of amides is 1. The van der Waals surface area contributed by atoms with Crippen LogP contribution in [0.4, 0.5) is 4.39 Å². The molecule has 0 atom stereocenters. The molecule has 10 heteroatoms. The van der Waals surface area contributed by atoms with E-state index < -0.39 is 0 Å². The molecular formula is C42H40Cl2FN3O4. The van der Waals surface area contributed by atoms with Crippen molar-refractivity contribution in [1.29, 1.82) is 0 Å². The molecule has 7 nitrogen and oxygen atoms in total. The zero-order valence-electron chi connectivity index (χ0n) is 28.9. The molecular weight excluding hydrogens is 700 g/mol. The molecule has 0 bridgehead atoms. The number of carbonyl (C=O) groups excluding carboxylic acids is 1. The van der Waals surface area contributed by atoms with Crippen molar-refractivity contribution in [3.05, 3.63) is 153 Å². The van der Waals surface area contributed by atoms with Gasteiger partial charge in [0, 0.05) is 55.5 Å². The van der Waals surface area contributed by atoms with Gasteiger partial charge in [0.25, 0.3) is 0 Å². The third-order valence-corrected chi connectivity index (χ3v) is 9.39. The van der Waals surface area contributed by atoms with Gasteiger partial charge in [-0.05, 0) is 96.6 Å². The number of ether oxygens (including phenoxy) is 3. The number of hydrogen-bond donors (Lipinski definition) is 0. The highest BCUT2D eigenvalue weighted by Crippen LogP contribution is 2.34. The normalized spacial score (nSPS) is 13.3. The Morgan fingerprint density at radius 1 is 0.846 bits per heavy atom. The van der Waals surface area contributed by atoms with Crippen molar-refractivity contribution in [3.8, 4) is 23.1 Å². The van der Waals surface area contributed by atoms with E-state index in [1.807, 2.05) is 42.2 Å². The summed E-state index contributed by atoms with van der Waals surface area (Å²) in [6.07, 6.45) is 6.78. The molecule has 52 heavy (non-hydrogen) atoms. The summed E-state index contributed by atoms with van der Waals surface area (Å²) in [6.45, 7) is 6.60. The first-order valence-electron chi connectivity index (χ1n) is 17.2. The van der Waals surface area contributed by atoms with Gasteiger partial charge in [-0.2, -0.15) is 0 Å². The molecule has 6 rings (SSSR count). The maximum Gasteiger partial charge on any atom is 0.246 e. The highest BCUT2D eigenvalue weighted by Gasteiger charge is 2.20. The van der Waals surface area contributed by atoms with Crippen molar-refractivity contribution in [2.45, 2.75) is 32.9 Å². The zero-order chi connectivity index (χ0) is 36.3. The Kier molecular flexibility index (Phi) is 12.8. The molecule has 1 fully saturated rings. The van der Waals surface area contributed by atoms with Gasteiger partial charge in [-0.15, -0.1) is 0 Å². The fourth-order valence-corrected chi connectivity index (χ4v) is 6.35. The van der Waals surface area contributed by atoms with Crippen molar-refractivity contribution in [1.82, 2.24) is 14.8 Å². The molecule has 5 aromatic rings. The number of pyridine rings is 1. The number of piperazine rings is 1. The van der Waals surface area contributed by atoms with Gasteiger partial charge in [-0.1, -0.05) is 65.7 Å². The van der Waals surface area contributed by atoms with Gasteiger partial charge in [-0.3, -0.25) is 9.69 Å². The van der Waals surface area contributed by atoms with Crippen LogP contribution in [0.3, 0.4) is 0 Å². The maximum absolute atomic E-state index is 13.0. The van der Waals surface area contributed by atoms with Gasteiger partial charge < -0.3 is 19.1 Å². The summed E-state index contributed by atoms with van der Waals surface area (Å²) in [7, 11) is 0. The molecule has 0 saturated carbocycles. The van der Waals surface area contributed by atoms with Crippen LogP contribution in [0.1, 0.15) is 34.2 Å².